The molecule has 2 aromatic carbocycles. The SMILES string of the molecule is C=Nc1c(-c2ccnc3ccccc23)cnn1/C=C(\C)c1ccc(OC(C)C)cc1. The molecule has 0 aliphatic heterocycles. The van der Waals surface area contributed by atoms with Gasteiger partial charge in [0.1, 0.15) is 5.75 Å². The van der Waals surface area contributed by atoms with Crippen molar-refractivity contribution in [3.63, 3.8) is 0 Å². The maximum atomic E-state index is 5.73. The van der Waals surface area contributed by atoms with E-state index in [0.717, 1.165) is 38.9 Å². The van der Waals surface area contributed by atoms with Crippen LogP contribution in [0.1, 0.15) is 26.3 Å². The van der Waals surface area contributed by atoms with Crippen molar-refractivity contribution in [2.24, 2.45) is 4.99 Å². The first-order valence-corrected chi connectivity index (χ1v) is 9.90. The van der Waals surface area contributed by atoms with Gasteiger partial charge in [-0.15, -0.1) is 0 Å². The molecule has 0 unspecified atom stereocenters. The van der Waals surface area contributed by atoms with Crippen molar-refractivity contribution >= 4 is 35.2 Å². The van der Waals surface area contributed by atoms with Crippen molar-refractivity contribution < 1.29 is 4.74 Å². The van der Waals surface area contributed by atoms with Crippen molar-refractivity contribution in [1.29, 1.82) is 0 Å². The first-order chi connectivity index (χ1) is 14.6. The van der Waals surface area contributed by atoms with E-state index < -0.39 is 0 Å². The Labute approximate surface area is 176 Å². The minimum atomic E-state index is 0.153. The number of allylic oxidation sites excluding steroid dienone is 1. The smallest absolute Gasteiger partial charge is 0.162 e. The Morgan fingerprint density at radius 3 is 2.57 bits per heavy atom. The summed E-state index contributed by atoms with van der Waals surface area (Å²) < 4.78 is 7.50. The van der Waals surface area contributed by atoms with Crippen LogP contribution in [0.3, 0.4) is 0 Å². The third kappa shape index (κ3) is 3.87. The number of nitrogens with zero attached hydrogens (tertiary/aromatic N) is 4. The fourth-order valence-electron chi connectivity index (χ4n) is 3.46. The lowest BCUT2D eigenvalue weighted by Gasteiger charge is -2.10. The molecule has 5 heteroatoms. The van der Waals surface area contributed by atoms with Crippen molar-refractivity contribution in [3.05, 3.63) is 72.6 Å². The molecule has 2 heterocycles. The maximum Gasteiger partial charge on any atom is 0.162 e. The highest BCUT2D eigenvalue weighted by Crippen LogP contribution is 2.35. The van der Waals surface area contributed by atoms with Gasteiger partial charge >= 0.3 is 0 Å². The molecule has 0 saturated heterocycles. The molecule has 0 amide bonds. The number of aromatic nitrogens is 3. The highest BCUT2D eigenvalue weighted by Gasteiger charge is 2.13. The summed E-state index contributed by atoms with van der Waals surface area (Å²) in [6.07, 6.45) is 5.76. The van der Waals surface area contributed by atoms with Crippen LogP contribution in [0.2, 0.25) is 0 Å². The second-order valence-corrected chi connectivity index (χ2v) is 7.36. The van der Waals surface area contributed by atoms with Crippen molar-refractivity contribution in [2.45, 2.75) is 26.9 Å². The van der Waals surface area contributed by atoms with Crippen LogP contribution in [0, 0.1) is 0 Å². The second kappa shape index (κ2) is 8.33. The van der Waals surface area contributed by atoms with Gasteiger partial charge in [-0.05, 0) is 68.5 Å². The van der Waals surface area contributed by atoms with E-state index in [9.17, 15) is 0 Å². The van der Waals surface area contributed by atoms with E-state index in [1.54, 1.807) is 4.68 Å². The summed E-state index contributed by atoms with van der Waals surface area (Å²) in [6, 6.07) is 18.1. The van der Waals surface area contributed by atoms with Crippen LogP contribution in [-0.2, 0) is 0 Å². The number of fused-ring (bicyclic) bond motifs is 1. The largest absolute Gasteiger partial charge is 0.491 e. The molecule has 150 valence electrons. The number of ether oxygens (including phenoxy) is 1. The average Bonchev–Trinajstić information content (AvgIpc) is 3.15. The summed E-state index contributed by atoms with van der Waals surface area (Å²) in [5.74, 6) is 1.56. The topological polar surface area (TPSA) is 52.3 Å². The van der Waals surface area contributed by atoms with Crippen molar-refractivity contribution in [2.75, 3.05) is 0 Å². The van der Waals surface area contributed by atoms with Gasteiger partial charge in [-0.3, -0.25) is 4.98 Å². The fraction of sp³-hybridized carbons (Fsp3) is 0.160. The Bertz CT molecular complexity index is 1210. The van der Waals surface area contributed by atoms with Gasteiger partial charge in [0.25, 0.3) is 0 Å². The molecule has 4 rings (SSSR count). The van der Waals surface area contributed by atoms with Crippen molar-refractivity contribution in [1.82, 2.24) is 14.8 Å². The van der Waals surface area contributed by atoms with E-state index in [2.05, 4.69) is 27.9 Å². The molecule has 0 spiro atoms. The zero-order chi connectivity index (χ0) is 21.1. The summed E-state index contributed by atoms with van der Waals surface area (Å²) in [6.45, 7) is 9.86. The number of para-hydroxylation sites is 1. The van der Waals surface area contributed by atoms with Crippen LogP contribution in [0.5, 0.6) is 5.75 Å². The Hall–Kier alpha value is -3.73. The molecule has 4 aromatic rings. The summed E-state index contributed by atoms with van der Waals surface area (Å²) in [5, 5.41) is 5.62. The van der Waals surface area contributed by atoms with Gasteiger partial charge < -0.3 is 4.74 Å². The van der Waals surface area contributed by atoms with Crippen LogP contribution in [0.4, 0.5) is 5.82 Å². The van der Waals surface area contributed by atoms with Crippen LogP contribution >= 0.6 is 0 Å². The molecule has 2 aromatic heterocycles. The number of hydrogen-bond donors (Lipinski definition) is 0. The van der Waals surface area contributed by atoms with Crippen LogP contribution in [0.15, 0.2) is 72.0 Å². The van der Waals surface area contributed by atoms with Gasteiger partial charge in [0.05, 0.1) is 17.8 Å². The quantitative estimate of drug-likeness (QED) is 0.363. The Kier molecular flexibility index (Phi) is 5.44. The summed E-state index contributed by atoms with van der Waals surface area (Å²) in [4.78, 5) is 8.72. The Morgan fingerprint density at radius 2 is 1.83 bits per heavy atom. The minimum absolute atomic E-state index is 0.153. The highest BCUT2D eigenvalue weighted by atomic mass is 16.5. The predicted octanol–water partition coefficient (Wildman–Crippen LogP) is 6.24. The molecule has 0 radical (unpaired) electrons. The number of benzene rings is 2. The van der Waals surface area contributed by atoms with Crippen LogP contribution < -0.4 is 4.74 Å². The number of aliphatic imine (C=N–C) groups is 1. The monoisotopic (exact) mass is 396 g/mol. The molecule has 0 atom stereocenters. The molecule has 0 fully saturated rings. The molecule has 30 heavy (non-hydrogen) atoms. The van der Waals surface area contributed by atoms with E-state index in [1.165, 1.54) is 0 Å². The van der Waals surface area contributed by atoms with E-state index in [1.807, 2.05) is 87.9 Å². The Balaban J connectivity index is 1.71. The summed E-state index contributed by atoms with van der Waals surface area (Å²) in [7, 11) is 0. The Morgan fingerprint density at radius 1 is 1.07 bits per heavy atom. The van der Waals surface area contributed by atoms with Gasteiger partial charge in [0, 0.05) is 23.3 Å². The van der Waals surface area contributed by atoms with E-state index in [4.69, 9.17) is 4.74 Å². The molecular formula is C25H24N4O. The third-order valence-electron chi connectivity index (χ3n) is 4.86. The first kappa shape index (κ1) is 19.6. The lowest BCUT2D eigenvalue weighted by molar-refractivity contribution is 0.242. The van der Waals surface area contributed by atoms with E-state index in [0.29, 0.717) is 5.82 Å². The summed E-state index contributed by atoms with van der Waals surface area (Å²) in [5.41, 5.74) is 5.05. The normalized spacial score (nSPS) is 11.8. The lowest BCUT2D eigenvalue weighted by atomic mass is 10.0. The van der Waals surface area contributed by atoms with Gasteiger partial charge in [-0.2, -0.15) is 5.10 Å². The number of hydrogen-bond acceptors (Lipinski definition) is 4. The molecule has 0 aliphatic rings. The highest BCUT2D eigenvalue weighted by molar-refractivity contribution is 5.97. The number of rotatable bonds is 6. The first-order valence-electron chi connectivity index (χ1n) is 9.90. The van der Waals surface area contributed by atoms with E-state index >= 15 is 0 Å². The molecule has 5 nitrogen and oxygen atoms in total. The third-order valence-corrected chi connectivity index (χ3v) is 4.86. The number of pyridine rings is 1. The van der Waals surface area contributed by atoms with Crippen LogP contribution in [-0.4, -0.2) is 27.6 Å². The van der Waals surface area contributed by atoms with Gasteiger partial charge in [-0.25, -0.2) is 9.67 Å². The molecule has 0 saturated carbocycles. The zero-order valence-corrected chi connectivity index (χ0v) is 17.4. The predicted molar refractivity (Wildman–Crippen MR) is 124 cm³/mol. The zero-order valence-electron chi connectivity index (χ0n) is 17.4. The fourth-order valence-corrected chi connectivity index (χ4v) is 3.46. The molecule has 0 N–H and O–H groups in total. The molecule has 0 bridgehead atoms. The summed E-state index contributed by atoms with van der Waals surface area (Å²) >= 11 is 0. The minimum Gasteiger partial charge on any atom is -0.491 e. The second-order valence-electron chi connectivity index (χ2n) is 7.36. The van der Waals surface area contributed by atoms with Gasteiger partial charge in [0.2, 0.25) is 0 Å². The molecule has 0 aliphatic carbocycles. The maximum absolute atomic E-state index is 5.73. The average molecular weight is 396 g/mol. The lowest BCUT2D eigenvalue weighted by Crippen LogP contribution is -2.05. The van der Waals surface area contributed by atoms with E-state index in [-0.39, 0.29) is 6.10 Å². The van der Waals surface area contributed by atoms with Gasteiger partial charge in [-0.1, -0.05) is 30.3 Å². The van der Waals surface area contributed by atoms with Crippen LogP contribution in [0.25, 0.3) is 33.8 Å². The van der Waals surface area contributed by atoms with Gasteiger partial charge in [0.15, 0.2) is 5.82 Å². The molecular weight excluding hydrogens is 372 g/mol. The van der Waals surface area contributed by atoms with Crippen molar-refractivity contribution in [3.8, 4) is 16.9 Å². The standard InChI is InChI=1S/C25H24N4O/c1-17(2)30-20-11-9-19(10-12-20)18(3)16-29-25(26-4)23(15-28-29)21-13-14-27-24-8-6-5-7-22(21)24/h5-17H,4H2,1-3H3/b18-16+.